The summed E-state index contributed by atoms with van der Waals surface area (Å²) in [6.07, 6.45) is -46.9. The van der Waals surface area contributed by atoms with Crippen molar-refractivity contribution in [2.24, 2.45) is 50.2 Å². The molecule has 0 aromatic heterocycles. The Morgan fingerprint density at radius 2 is 1.04 bits per heavy atom. The second-order valence-corrected chi connectivity index (χ2v) is 32.3. The summed E-state index contributed by atoms with van der Waals surface area (Å²) in [7, 11) is 0. The first-order valence-corrected chi connectivity index (χ1v) is 35.4. The molecule has 32 nitrogen and oxygen atoms in total. The molecule has 2 bridgehead atoms. The number of carbonyl (C=O) groups is 3. The number of ether oxygens (including phenoxy) is 13. The number of carbonyl (C=O) groups excluding carboxylic acids is 2. The van der Waals surface area contributed by atoms with Crippen LogP contribution >= 0.6 is 0 Å². The quantitative estimate of drug-likeness (QED) is 0.0407. The van der Waals surface area contributed by atoms with Crippen LogP contribution in [0.1, 0.15) is 134 Å². The minimum Gasteiger partial charge on any atom is -0.479 e. The molecule has 6 saturated heterocycles. The summed E-state index contributed by atoms with van der Waals surface area (Å²) >= 11 is 0. The molecule has 16 N–H and O–H groups in total. The number of rotatable bonds is 17. The van der Waals surface area contributed by atoms with Gasteiger partial charge in [0.2, 0.25) is 0 Å². The number of allylic oxidation sites excluding steroid dienone is 2. The van der Waals surface area contributed by atoms with Gasteiger partial charge in [0.15, 0.2) is 49.9 Å². The van der Waals surface area contributed by atoms with Gasteiger partial charge >= 0.3 is 17.9 Å². The number of hydrogen-bond donors (Lipinski definition) is 16. The molecule has 0 aromatic carbocycles. The average Bonchev–Trinajstić information content (AvgIpc) is 1.51. The maximum Gasteiger partial charge on any atom is 0.335 e. The van der Waals surface area contributed by atoms with Crippen molar-refractivity contribution in [3.63, 3.8) is 0 Å². The van der Waals surface area contributed by atoms with Crippen LogP contribution < -0.4 is 0 Å². The van der Waals surface area contributed by atoms with E-state index in [0.29, 0.717) is 44.1 Å². The Morgan fingerprint density at radius 3 is 1.64 bits per heavy atom. The third-order valence-electron chi connectivity index (χ3n) is 26.5. The number of hydrogen-bond acceptors (Lipinski definition) is 31. The van der Waals surface area contributed by atoms with Crippen LogP contribution in [0, 0.1) is 50.2 Å². The Bertz CT molecular complexity index is 3040. The Hall–Kier alpha value is -3.15. The van der Waals surface area contributed by atoms with E-state index in [0.717, 1.165) is 0 Å². The van der Waals surface area contributed by atoms with Gasteiger partial charge in [0.05, 0.1) is 49.1 Å². The maximum atomic E-state index is 14.1. The molecule has 37 atom stereocenters. The van der Waals surface area contributed by atoms with Crippen molar-refractivity contribution in [1.82, 2.24) is 0 Å². The molecule has 11 rings (SSSR count). The predicted molar refractivity (Wildman–Crippen MR) is 338 cm³/mol. The van der Waals surface area contributed by atoms with Crippen molar-refractivity contribution in [3.8, 4) is 0 Å². The SMILES string of the molecule is CC=C(C)C(=O)OC1C(OC(=O)C(C)=CC)C23C(O)CC4(C)C5(C)CCC6C(C)(C)C(OC7OC(C(=O)O)C(O)C(OC8OC(CO)C(O)C(O)C8OC8OC(C)C(O)C(O)C8OC8OCC(O)C(O)C8O)C7OC7OC(CO)C(O)C(O)C7O)CCC6(C)C5CCC4(OC2O)C3CC1(C)C. The van der Waals surface area contributed by atoms with Gasteiger partial charge in [-0.2, -0.15) is 0 Å². The fourth-order valence-electron chi connectivity index (χ4n) is 20.4. The van der Waals surface area contributed by atoms with Crippen LogP contribution in [-0.4, -0.2) is 303 Å². The summed E-state index contributed by atoms with van der Waals surface area (Å²) in [6.45, 7) is 19.8. The molecule has 6 heterocycles. The largest absolute Gasteiger partial charge is 0.479 e. The summed E-state index contributed by atoms with van der Waals surface area (Å²) in [5.74, 6) is -4.05. The van der Waals surface area contributed by atoms with Gasteiger partial charge in [-0.05, 0) is 114 Å². The first-order valence-electron chi connectivity index (χ1n) is 35.4. The second-order valence-electron chi connectivity index (χ2n) is 32.3. The van der Waals surface area contributed by atoms with Crippen LogP contribution in [0.4, 0.5) is 0 Å². The molecule has 101 heavy (non-hydrogen) atoms. The van der Waals surface area contributed by atoms with Gasteiger partial charge in [0.1, 0.15) is 110 Å². The van der Waals surface area contributed by atoms with Crippen LogP contribution in [0.2, 0.25) is 0 Å². The van der Waals surface area contributed by atoms with Crippen molar-refractivity contribution < 1.29 is 158 Å². The van der Waals surface area contributed by atoms with E-state index in [-0.39, 0.29) is 30.3 Å². The van der Waals surface area contributed by atoms with E-state index in [1.54, 1.807) is 39.8 Å². The van der Waals surface area contributed by atoms with Gasteiger partial charge in [-0.3, -0.25) is 0 Å². The molecule has 5 saturated carbocycles. The highest BCUT2D eigenvalue weighted by Gasteiger charge is 2.86. The highest BCUT2D eigenvalue weighted by Crippen LogP contribution is 2.82. The van der Waals surface area contributed by atoms with E-state index in [9.17, 15) is 96.1 Å². The molecular weight excluding hydrogens is 1340 g/mol. The zero-order chi connectivity index (χ0) is 74.2. The lowest BCUT2D eigenvalue weighted by molar-refractivity contribution is -0.411. The van der Waals surface area contributed by atoms with Gasteiger partial charge in [0.25, 0.3) is 0 Å². The molecule has 0 aromatic rings. The van der Waals surface area contributed by atoms with Gasteiger partial charge in [-0.25, -0.2) is 14.4 Å². The Kier molecular flexibility index (Phi) is 22.5. The molecule has 37 unspecified atom stereocenters. The number of carboxylic acids is 1. The lowest BCUT2D eigenvalue weighted by atomic mass is 9.30. The minimum atomic E-state index is -2.37. The van der Waals surface area contributed by atoms with E-state index < -0.39 is 260 Å². The van der Waals surface area contributed by atoms with Gasteiger partial charge in [-0.15, -0.1) is 0 Å². The van der Waals surface area contributed by atoms with Crippen molar-refractivity contribution in [2.75, 3.05) is 19.8 Å². The van der Waals surface area contributed by atoms with E-state index >= 15 is 0 Å². The van der Waals surface area contributed by atoms with Crippen molar-refractivity contribution in [3.05, 3.63) is 23.3 Å². The normalized spacial score (nSPS) is 52.6. The highest BCUT2D eigenvalue weighted by atomic mass is 16.8. The van der Waals surface area contributed by atoms with Crippen LogP contribution in [0.3, 0.4) is 0 Å². The minimum absolute atomic E-state index is 0.1000. The third-order valence-corrected chi connectivity index (χ3v) is 26.5. The van der Waals surface area contributed by atoms with E-state index in [4.69, 9.17) is 61.6 Å². The summed E-state index contributed by atoms with van der Waals surface area (Å²) in [6, 6.07) is 0. The standard InChI is InChI=1S/C69H108O32/c1-13-26(3)55(86)99-52-53(100-56(87)27(4)14-2)69-34(21-63(52,6)7)68(101-62(69)88)20-16-33-65(10)18-17-36(64(8,9)32(65)15-19-66(33,11)67(68,12)22-35(69)73)93-61-51(98-58-45(82)41(78)39(76)30(23-70)91-58)47(46(83)48(95-61)54(84)85)94-60-50(43(80)40(77)31(24-71)92-60)97-59-49(42(79)37(74)28(5)90-59)96-57-44(81)38(75)29(72)25-89-57/h13-14,28-53,57-62,70-83,88H,15-25H2,1-12H3,(H,84,85). The topological polar surface area (TPSA) is 495 Å². The second kappa shape index (κ2) is 28.8. The van der Waals surface area contributed by atoms with E-state index in [2.05, 4.69) is 20.8 Å². The summed E-state index contributed by atoms with van der Waals surface area (Å²) in [4.78, 5) is 41.3. The molecule has 0 radical (unpaired) electrons. The molecule has 11 aliphatic rings. The van der Waals surface area contributed by atoms with E-state index in [1.165, 1.54) is 6.92 Å². The number of aliphatic hydroxyl groups is 15. The Morgan fingerprint density at radius 1 is 0.515 bits per heavy atom. The smallest absolute Gasteiger partial charge is 0.335 e. The first-order chi connectivity index (χ1) is 47.2. The molecule has 11 fully saturated rings. The fourth-order valence-corrected chi connectivity index (χ4v) is 20.4. The van der Waals surface area contributed by atoms with Crippen molar-refractivity contribution in [2.45, 2.75) is 318 Å². The molecule has 6 aliphatic heterocycles. The van der Waals surface area contributed by atoms with Gasteiger partial charge < -0.3 is 143 Å². The molecule has 0 amide bonds. The Labute approximate surface area is 585 Å². The zero-order valence-electron chi connectivity index (χ0n) is 59.1. The average molecular weight is 1450 g/mol. The van der Waals surface area contributed by atoms with Gasteiger partial charge in [0, 0.05) is 27.9 Å². The fraction of sp³-hybridized carbons (Fsp3) is 0.899. The van der Waals surface area contributed by atoms with E-state index in [1.807, 2.05) is 27.7 Å². The number of carboxylic acid groups (broad SMARTS) is 1. The third kappa shape index (κ3) is 12.6. The molecule has 576 valence electrons. The molecule has 1 spiro atoms. The van der Waals surface area contributed by atoms with Crippen LogP contribution in [0.15, 0.2) is 23.3 Å². The monoisotopic (exact) mass is 1450 g/mol. The van der Waals surface area contributed by atoms with Crippen LogP contribution in [-0.2, 0) is 76.0 Å². The summed E-state index contributed by atoms with van der Waals surface area (Å²) in [5.41, 5.74) is -6.00. The lowest BCUT2D eigenvalue weighted by Crippen LogP contribution is -2.77. The summed E-state index contributed by atoms with van der Waals surface area (Å²) < 4.78 is 81.5. The zero-order valence-corrected chi connectivity index (χ0v) is 59.1. The first kappa shape index (κ1) is 78.9. The van der Waals surface area contributed by atoms with Crippen LogP contribution in [0.5, 0.6) is 0 Å². The molecule has 5 aliphatic carbocycles. The number of esters is 2. The van der Waals surface area contributed by atoms with Crippen molar-refractivity contribution >= 4 is 17.9 Å². The van der Waals surface area contributed by atoms with Crippen LogP contribution in [0.25, 0.3) is 0 Å². The maximum absolute atomic E-state index is 14.1. The lowest BCUT2D eigenvalue weighted by Gasteiger charge is -2.75. The molecule has 32 heteroatoms. The van der Waals surface area contributed by atoms with Gasteiger partial charge in [-0.1, -0.05) is 60.6 Å². The highest BCUT2D eigenvalue weighted by molar-refractivity contribution is 5.89. The Balaban J connectivity index is 0.914. The predicted octanol–water partition coefficient (Wildman–Crippen LogP) is -2.47. The van der Waals surface area contributed by atoms with Crippen molar-refractivity contribution in [1.29, 1.82) is 0 Å². The number of aliphatic carboxylic acids is 1. The molecular formula is C69H108O32. The number of fused-ring (bicyclic) bond motifs is 4. The summed E-state index contributed by atoms with van der Waals surface area (Å²) in [5, 5.41) is 181. The number of aliphatic hydroxyl groups excluding tert-OH is 15.